The van der Waals surface area contributed by atoms with Crippen LogP contribution in [0.3, 0.4) is 0 Å². The van der Waals surface area contributed by atoms with E-state index in [0.29, 0.717) is 0 Å². The zero-order valence-electron chi connectivity index (χ0n) is 12.1. The molecule has 0 bridgehead atoms. The van der Waals surface area contributed by atoms with Crippen molar-refractivity contribution in [1.82, 2.24) is 4.98 Å². The van der Waals surface area contributed by atoms with E-state index in [-0.39, 0.29) is 0 Å². The quantitative estimate of drug-likeness (QED) is 0.668. The van der Waals surface area contributed by atoms with E-state index < -0.39 is 5.60 Å². The summed E-state index contributed by atoms with van der Waals surface area (Å²) in [5.74, 6) is 0. The van der Waals surface area contributed by atoms with E-state index in [1.165, 1.54) is 5.56 Å². The molecule has 1 aliphatic heterocycles. The van der Waals surface area contributed by atoms with Crippen LogP contribution in [0, 0.1) is 0 Å². The van der Waals surface area contributed by atoms with Crippen molar-refractivity contribution in [3.8, 4) is 0 Å². The number of pyridine rings is 1. The molecule has 0 saturated carbocycles. The van der Waals surface area contributed by atoms with Gasteiger partial charge in [-0.25, -0.2) is 0 Å². The van der Waals surface area contributed by atoms with E-state index in [4.69, 9.17) is 16.3 Å². The summed E-state index contributed by atoms with van der Waals surface area (Å²) in [5, 5.41) is 3.02. The maximum atomic E-state index is 6.38. The fourth-order valence-corrected chi connectivity index (χ4v) is 3.70. The minimum Gasteiger partial charge on any atom is -0.366 e. The zero-order valence-corrected chi connectivity index (χ0v) is 12.9. The minimum absolute atomic E-state index is 0.396. The molecule has 22 heavy (non-hydrogen) atoms. The average molecular weight is 310 g/mol. The van der Waals surface area contributed by atoms with Gasteiger partial charge in [-0.05, 0) is 47.6 Å². The minimum atomic E-state index is -0.396. The molecular formula is C19H16ClNO. The third-order valence-electron chi connectivity index (χ3n) is 4.47. The smallest absolute Gasteiger partial charge is 0.119 e. The normalized spacial score (nSPS) is 21.3. The van der Waals surface area contributed by atoms with E-state index in [1.807, 2.05) is 24.5 Å². The van der Waals surface area contributed by atoms with Crippen LogP contribution in [-0.4, -0.2) is 11.6 Å². The van der Waals surface area contributed by atoms with Crippen molar-refractivity contribution < 1.29 is 4.74 Å². The van der Waals surface area contributed by atoms with Gasteiger partial charge in [0.2, 0.25) is 0 Å². The largest absolute Gasteiger partial charge is 0.366 e. The molecule has 110 valence electrons. The van der Waals surface area contributed by atoms with Crippen LogP contribution in [0.5, 0.6) is 0 Å². The SMILES string of the molecule is Clc1ccc([C@]2(c3ccncc3)CCCO2)c2ccccc12. The lowest BCUT2D eigenvalue weighted by atomic mass is 9.82. The van der Waals surface area contributed by atoms with Gasteiger partial charge < -0.3 is 4.74 Å². The second-order valence-electron chi connectivity index (χ2n) is 5.66. The Hall–Kier alpha value is -1.90. The lowest BCUT2D eigenvalue weighted by molar-refractivity contribution is 0.0371. The molecule has 0 unspecified atom stereocenters. The Labute approximate surface area is 134 Å². The van der Waals surface area contributed by atoms with Crippen LogP contribution < -0.4 is 0 Å². The Morgan fingerprint density at radius 2 is 1.73 bits per heavy atom. The maximum absolute atomic E-state index is 6.38. The van der Waals surface area contributed by atoms with E-state index in [2.05, 4.69) is 41.4 Å². The fraction of sp³-hybridized carbons (Fsp3) is 0.211. The number of hydrogen-bond donors (Lipinski definition) is 0. The van der Waals surface area contributed by atoms with Gasteiger partial charge >= 0.3 is 0 Å². The third-order valence-corrected chi connectivity index (χ3v) is 4.80. The summed E-state index contributed by atoms with van der Waals surface area (Å²) in [7, 11) is 0. The highest BCUT2D eigenvalue weighted by molar-refractivity contribution is 6.35. The molecule has 2 nitrogen and oxygen atoms in total. The van der Waals surface area contributed by atoms with Gasteiger partial charge in [0.05, 0.1) is 0 Å². The van der Waals surface area contributed by atoms with Crippen LogP contribution in [0.1, 0.15) is 24.0 Å². The molecule has 1 aliphatic rings. The summed E-state index contributed by atoms with van der Waals surface area (Å²) in [4.78, 5) is 4.14. The first-order valence-electron chi connectivity index (χ1n) is 7.53. The van der Waals surface area contributed by atoms with Crippen molar-refractivity contribution in [3.05, 3.63) is 77.1 Å². The Bertz CT molecular complexity index is 810. The van der Waals surface area contributed by atoms with Gasteiger partial charge in [0.25, 0.3) is 0 Å². The molecule has 0 aliphatic carbocycles. The van der Waals surface area contributed by atoms with E-state index >= 15 is 0 Å². The molecule has 1 atom stereocenters. The summed E-state index contributed by atoms with van der Waals surface area (Å²) < 4.78 is 6.29. The van der Waals surface area contributed by atoms with Crippen LogP contribution in [-0.2, 0) is 10.3 Å². The van der Waals surface area contributed by atoms with Crippen molar-refractivity contribution in [3.63, 3.8) is 0 Å². The Morgan fingerprint density at radius 3 is 2.45 bits per heavy atom. The topological polar surface area (TPSA) is 22.1 Å². The number of ether oxygens (including phenoxy) is 1. The first-order chi connectivity index (χ1) is 10.8. The van der Waals surface area contributed by atoms with Crippen molar-refractivity contribution in [2.75, 3.05) is 6.61 Å². The van der Waals surface area contributed by atoms with Crippen molar-refractivity contribution in [2.45, 2.75) is 18.4 Å². The highest BCUT2D eigenvalue weighted by Gasteiger charge is 2.40. The van der Waals surface area contributed by atoms with Crippen LogP contribution in [0.4, 0.5) is 0 Å². The number of hydrogen-bond acceptors (Lipinski definition) is 2. The van der Waals surface area contributed by atoms with Gasteiger partial charge in [-0.1, -0.05) is 41.9 Å². The molecule has 0 amide bonds. The van der Waals surface area contributed by atoms with E-state index in [0.717, 1.165) is 40.8 Å². The van der Waals surface area contributed by atoms with Crippen LogP contribution in [0.15, 0.2) is 60.9 Å². The number of halogens is 1. The summed E-state index contributed by atoms with van der Waals surface area (Å²) >= 11 is 6.38. The van der Waals surface area contributed by atoms with Gasteiger partial charge in [0.15, 0.2) is 0 Å². The number of nitrogens with zero attached hydrogens (tertiary/aromatic N) is 1. The van der Waals surface area contributed by atoms with Crippen molar-refractivity contribution in [1.29, 1.82) is 0 Å². The summed E-state index contributed by atoms with van der Waals surface area (Å²) in [5.41, 5.74) is 1.95. The predicted octanol–water partition coefficient (Wildman–Crippen LogP) is 4.94. The molecule has 2 heterocycles. The molecule has 1 saturated heterocycles. The number of rotatable bonds is 2. The van der Waals surface area contributed by atoms with Crippen LogP contribution in [0.2, 0.25) is 5.02 Å². The van der Waals surface area contributed by atoms with Crippen LogP contribution >= 0.6 is 11.6 Å². The summed E-state index contributed by atoms with van der Waals surface area (Å²) in [6.07, 6.45) is 5.69. The summed E-state index contributed by atoms with van der Waals surface area (Å²) in [6.45, 7) is 0.777. The highest BCUT2D eigenvalue weighted by Crippen LogP contribution is 2.45. The Balaban J connectivity index is 2.01. The van der Waals surface area contributed by atoms with Gasteiger partial charge in [-0.2, -0.15) is 0 Å². The van der Waals surface area contributed by atoms with Gasteiger partial charge in [0, 0.05) is 29.4 Å². The molecule has 2 aromatic carbocycles. The predicted molar refractivity (Wildman–Crippen MR) is 89.2 cm³/mol. The standard InChI is InChI=1S/C19H16ClNO/c20-18-7-6-17(15-4-1-2-5-16(15)18)19(10-3-13-22-19)14-8-11-21-12-9-14/h1-2,4-9,11-12H,3,10,13H2/t19-/m1/s1. The molecule has 1 fully saturated rings. The number of benzene rings is 2. The molecule has 3 aromatic rings. The first-order valence-corrected chi connectivity index (χ1v) is 7.91. The highest BCUT2D eigenvalue weighted by atomic mass is 35.5. The van der Waals surface area contributed by atoms with Crippen molar-refractivity contribution in [2.24, 2.45) is 0 Å². The molecule has 1 aromatic heterocycles. The third kappa shape index (κ3) is 2.03. The molecule has 4 rings (SSSR count). The second kappa shape index (κ2) is 5.38. The number of aromatic nitrogens is 1. The molecule has 0 N–H and O–H groups in total. The molecule has 0 radical (unpaired) electrons. The lowest BCUT2D eigenvalue weighted by Crippen LogP contribution is -2.26. The van der Waals surface area contributed by atoms with Gasteiger partial charge in [0.1, 0.15) is 5.60 Å². The number of fused-ring (bicyclic) bond motifs is 1. The van der Waals surface area contributed by atoms with Crippen molar-refractivity contribution >= 4 is 22.4 Å². The molecular weight excluding hydrogens is 294 g/mol. The Kier molecular flexibility index (Phi) is 3.36. The average Bonchev–Trinajstić information content (AvgIpc) is 3.07. The monoisotopic (exact) mass is 309 g/mol. The van der Waals surface area contributed by atoms with Gasteiger partial charge in [-0.3, -0.25) is 4.98 Å². The van der Waals surface area contributed by atoms with Gasteiger partial charge in [-0.15, -0.1) is 0 Å². The fourth-order valence-electron chi connectivity index (χ4n) is 3.47. The molecule has 0 spiro atoms. The maximum Gasteiger partial charge on any atom is 0.119 e. The first kappa shape index (κ1) is 13.7. The summed E-state index contributed by atoms with van der Waals surface area (Å²) in [6, 6.07) is 16.4. The van der Waals surface area contributed by atoms with E-state index in [9.17, 15) is 0 Å². The van der Waals surface area contributed by atoms with Crippen LogP contribution in [0.25, 0.3) is 10.8 Å². The molecule has 3 heteroatoms. The Morgan fingerprint density at radius 1 is 0.955 bits per heavy atom. The lowest BCUT2D eigenvalue weighted by Gasteiger charge is -2.31. The second-order valence-corrected chi connectivity index (χ2v) is 6.06. The van der Waals surface area contributed by atoms with E-state index in [1.54, 1.807) is 0 Å². The zero-order chi connectivity index (χ0) is 15.0.